The van der Waals surface area contributed by atoms with E-state index in [9.17, 15) is 19.8 Å². The highest BCUT2D eigenvalue weighted by molar-refractivity contribution is 5.90. The molecule has 128 valence electrons. The van der Waals surface area contributed by atoms with Crippen molar-refractivity contribution in [3.8, 4) is 0 Å². The molecule has 6 heteroatoms. The lowest BCUT2D eigenvalue weighted by Crippen LogP contribution is -2.65. The summed E-state index contributed by atoms with van der Waals surface area (Å²) in [5.41, 5.74) is -1.46. The molecule has 4 bridgehead atoms. The van der Waals surface area contributed by atoms with Crippen molar-refractivity contribution in [1.82, 2.24) is 10.2 Å². The predicted octanol–water partition coefficient (Wildman–Crippen LogP) is 1.57. The average molecular weight is 322 g/mol. The van der Waals surface area contributed by atoms with Gasteiger partial charge in [0.05, 0.1) is 5.60 Å². The van der Waals surface area contributed by atoms with E-state index in [1.807, 2.05) is 0 Å². The van der Waals surface area contributed by atoms with E-state index in [4.69, 9.17) is 0 Å². The van der Waals surface area contributed by atoms with Crippen LogP contribution in [0.2, 0.25) is 0 Å². The van der Waals surface area contributed by atoms with Gasteiger partial charge in [0.2, 0.25) is 5.91 Å². The van der Waals surface area contributed by atoms with Crippen LogP contribution in [0.15, 0.2) is 0 Å². The Balaban J connectivity index is 1.50. The fraction of sp³-hybridized carbons (Fsp3) is 0.882. The number of nitrogens with zero attached hydrogens (tertiary/aromatic N) is 1. The highest BCUT2D eigenvalue weighted by Crippen LogP contribution is 2.55. The Kier molecular flexibility index (Phi) is 3.21. The number of likely N-dealkylation sites (tertiary alicyclic amines) is 1. The number of amides is 2. The molecule has 4 aliphatic carbocycles. The molecule has 2 unspecified atom stereocenters. The van der Waals surface area contributed by atoms with Crippen LogP contribution in [0.4, 0.5) is 4.79 Å². The first-order valence-electron chi connectivity index (χ1n) is 8.85. The zero-order valence-electron chi connectivity index (χ0n) is 13.6. The number of aliphatic hydroxyl groups is 1. The molecule has 0 radical (unpaired) electrons. The van der Waals surface area contributed by atoms with Gasteiger partial charge in [-0.1, -0.05) is 0 Å². The molecule has 1 saturated heterocycles. The largest absolute Gasteiger partial charge is 0.465 e. The topological polar surface area (TPSA) is 89.9 Å². The van der Waals surface area contributed by atoms with E-state index in [1.165, 1.54) is 4.90 Å². The number of rotatable bonds is 2. The van der Waals surface area contributed by atoms with Gasteiger partial charge >= 0.3 is 6.09 Å². The summed E-state index contributed by atoms with van der Waals surface area (Å²) in [6.07, 6.45) is 4.96. The highest BCUT2D eigenvalue weighted by Gasteiger charge is 2.56. The smallest absolute Gasteiger partial charge is 0.408 e. The van der Waals surface area contributed by atoms with Crippen LogP contribution in [0.1, 0.15) is 51.9 Å². The number of carbonyl (C=O) groups excluding carboxylic acids is 1. The molecule has 0 aromatic heterocycles. The van der Waals surface area contributed by atoms with Crippen molar-refractivity contribution in [2.75, 3.05) is 6.54 Å². The summed E-state index contributed by atoms with van der Waals surface area (Å²) in [5.74, 6) is 1.14. The van der Waals surface area contributed by atoms with E-state index >= 15 is 0 Å². The summed E-state index contributed by atoms with van der Waals surface area (Å²) < 4.78 is 0. The maximum Gasteiger partial charge on any atom is 0.408 e. The molecule has 5 rings (SSSR count). The Morgan fingerprint density at radius 1 is 1.17 bits per heavy atom. The van der Waals surface area contributed by atoms with Crippen molar-refractivity contribution in [3.63, 3.8) is 0 Å². The van der Waals surface area contributed by atoms with Crippen molar-refractivity contribution >= 4 is 12.0 Å². The number of hydrogen-bond donors (Lipinski definition) is 3. The van der Waals surface area contributed by atoms with Gasteiger partial charge in [-0.25, -0.2) is 4.79 Å². The maximum atomic E-state index is 12.9. The van der Waals surface area contributed by atoms with Gasteiger partial charge in [0, 0.05) is 12.6 Å². The Morgan fingerprint density at radius 3 is 2.39 bits per heavy atom. The second kappa shape index (κ2) is 4.85. The van der Waals surface area contributed by atoms with Crippen LogP contribution in [-0.4, -0.2) is 50.8 Å². The van der Waals surface area contributed by atoms with Crippen molar-refractivity contribution in [1.29, 1.82) is 0 Å². The standard InChI is InChI=1S/C17H26N2O4/c1-16(3-2-4-19(16)15(21)22)14(20)18-13-11-5-10-6-12(13)9-17(23,7-10)8-11/h10-13,23H,2-9H2,1H3,(H,18,20)(H,21,22)/t10?,11?,12?,13?,16-,17?/m0/s1. The van der Waals surface area contributed by atoms with E-state index in [-0.39, 0.29) is 11.9 Å². The first-order chi connectivity index (χ1) is 10.8. The molecule has 0 aromatic rings. The summed E-state index contributed by atoms with van der Waals surface area (Å²) in [7, 11) is 0. The maximum absolute atomic E-state index is 12.9. The Morgan fingerprint density at radius 2 is 1.83 bits per heavy atom. The predicted molar refractivity (Wildman–Crippen MR) is 82.8 cm³/mol. The van der Waals surface area contributed by atoms with Gasteiger partial charge in [0.15, 0.2) is 0 Å². The van der Waals surface area contributed by atoms with E-state index < -0.39 is 17.2 Å². The van der Waals surface area contributed by atoms with Crippen molar-refractivity contribution in [2.24, 2.45) is 17.8 Å². The molecule has 3 N–H and O–H groups in total. The molecular formula is C17H26N2O4. The average Bonchev–Trinajstić information content (AvgIpc) is 2.84. The Labute approximate surface area is 136 Å². The summed E-state index contributed by atoms with van der Waals surface area (Å²) in [5, 5.41) is 23.2. The second-order valence-electron chi connectivity index (χ2n) is 8.51. The van der Waals surface area contributed by atoms with Gasteiger partial charge in [-0.3, -0.25) is 9.69 Å². The molecule has 3 atom stereocenters. The van der Waals surface area contributed by atoms with Gasteiger partial charge in [-0.05, 0) is 69.6 Å². The van der Waals surface area contributed by atoms with Gasteiger partial charge in [-0.2, -0.15) is 0 Å². The van der Waals surface area contributed by atoms with Crippen LogP contribution < -0.4 is 5.32 Å². The summed E-state index contributed by atoms with van der Waals surface area (Å²) >= 11 is 0. The molecule has 5 aliphatic rings. The first kappa shape index (κ1) is 15.2. The van der Waals surface area contributed by atoms with Crippen LogP contribution in [0.3, 0.4) is 0 Å². The van der Waals surface area contributed by atoms with Crippen LogP contribution in [0.5, 0.6) is 0 Å². The lowest BCUT2D eigenvalue weighted by atomic mass is 9.52. The molecule has 0 spiro atoms. The fourth-order valence-electron chi connectivity index (χ4n) is 6.03. The van der Waals surface area contributed by atoms with Crippen LogP contribution in [-0.2, 0) is 4.79 Å². The highest BCUT2D eigenvalue weighted by atomic mass is 16.4. The lowest BCUT2D eigenvalue weighted by molar-refractivity contribution is -0.150. The Bertz CT molecular complexity index is 535. The monoisotopic (exact) mass is 322 g/mol. The second-order valence-corrected chi connectivity index (χ2v) is 8.51. The fourth-order valence-corrected chi connectivity index (χ4v) is 6.03. The summed E-state index contributed by atoms with van der Waals surface area (Å²) in [6, 6.07) is 0.104. The third kappa shape index (κ3) is 2.25. The zero-order chi connectivity index (χ0) is 16.4. The summed E-state index contributed by atoms with van der Waals surface area (Å²) in [4.78, 5) is 25.6. The molecule has 5 fully saturated rings. The Hall–Kier alpha value is -1.30. The SMILES string of the molecule is C[C@@]1(C(=O)NC2C3CC4CC2CC(O)(C4)C3)CCCN1C(=O)O. The van der Waals surface area contributed by atoms with E-state index in [0.29, 0.717) is 30.7 Å². The van der Waals surface area contributed by atoms with E-state index in [1.54, 1.807) is 6.92 Å². The van der Waals surface area contributed by atoms with Crippen LogP contribution in [0.25, 0.3) is 0 Å². The molecule has 23 heavy (non-hydrogen) atoms. The number of hydrogen-bond acceptors (Lipinski definition) is 3. The minimum atomic E-state index is -1.01. The third-order valence-corrected chi connectivity index (χ3v) is 6.90. The summed E-state index contributed by atoms with van der Waals surface area (Å²) in [6.45, 7) is 2.17. The zero-order valence-corrected chi connectivity index (χ0v) is 13.6. The lowest BCUT2D eigenvalue weighted by Gasteiger charge is -2.58. The normalized spacial score (nSPS) is 47.8. The van der Waals surface area contributed by atoms with Gasteiger partial charge in [-0.15, -0.1) is 0 Å². The van der Waals surface area contributed by atoms with Gasteiger partial charge in [0.1, 0.15) is 5.54 Å². The molecule has 2 amide bonds. The molecule has 4 saturated carbocycles. The number of carbonyl (C=O) groups is 2. The minimum Gasteiger partial charge on any atom is -0.465 e. The first-order valence-corrected chi connectivity index (χ1v) is 8.85. The molecule has 6 nitrogen and oxygen atoms in total. The van der Waals surface area contributed by atoms with E-state index in [0.717, 1.165) is 38.5 Å². The number of nitrogens with one attached hydrogen (secondary N) is 1. The van der Waals surface area contributed by atoms with Crippen molar-refractivity contribution in [2.45, 2.75) is 69.1 Å². The van der Waals surface area contributed by atoms with E-state index in [2.05, 4.69) is 5.32 Å². The molecular weight excluding hydrogens is 296 g/mol. The van der Waals surface area contributed by atoms with Crippen LogP contribution in [0, 0.1) is 17.8 Å². The number of carboxylic acid groups (broad SMARTS) is 1. The molecule has 0 aromatic carbocycles. The van der Waals surface area contributed by atoms with Crippen molar-refractivity contribution < 1.29 is 19.8 Å². The van der Waals surface area contributed by atoms with Crippen molar-refractivity contribution in [3.05, 3.63) is 0 Å². The molecule has 1 heterocycles. The van der Waals surface area contributed by atoms with Gasteiger partial charge < -0.3 is 15.5 Å². The van der Waals surface area contributed by atoms with Gasteiger partial charge in [0.25, 0.3) is 0 Å². The van der Waals surface area contributed by atoms with Crippen LogP contribution >= 0.6 is 0 Å². The molecule has 1 aliphatic heterocycles. The minimum absolute atomic E-state index is 0.104. The quantitative estimate of drug-likeness (QED) is 0.720. The third-order valence-electron chi connectivity index (χ3n) is 6.90.